The first kappa shape index (κ1) is 28.4. The Hall–Kier alpha value is -3.63. The minimum Gasteiger partial charge on any atom is -0.478 e. The van der Waals surface area contributed by atoms with Crippen LogP contribution < -0.4 is 5.32 Å². The molecule has 3 aromatic carbocycles. The summed E-state index contributed by atoms with van der Waals surface area (Å²) in [5, 5.41) is 21.2. The molecule has 1 heterocycles. The van der Waals surface area contributed by atoms with E-state index in [1.165, 1.54) is 6.08 Å². The fourth-order valence-electron chi connectivity index (χ4n) is 4.06. The van der Waals surface area contributed by atoms with Crippen molar-refractivity contribution in [3.05, 3.63) is 113 Å². The zero-order chi connectivity index (χ0) is 27.6. The number of carboxylic acid groups (broad SMARTS) is 1. The average molecular weight is 550 g/mol. The number of hydrogen-bond donors (Lipinski definition) is 3. The van der Waals surface area contributed by atoms with Gasteiger partial charge >= 0.3 is 12.1 Å². The number of hydrogen-bond acceptors (Lipinski definition) is 7. The Morgan fingerprint density at radius 2 is 1.64 bits per heavy atom. The van der Waals surface area contributed by atoms with Gasteiger partial charge in [-0.15, -0.1) is 11.8 Å². The van der Waals surface area contributed by atoms with Crippen molar-refractivity contribution in [3.8, 4) is 0 Å². The number of nitrogens with one attached hydrogen (secondary N) is 1. The molecule has 1 fully saturated rings. The molecular formula is C30H31NO7S. The molecule has 1 saturated heterocycles. The molecule has 1 amide bonds. The van der Waals surface area contributed by atoms with Crippen molar-refractivity contribution in [1.82, 2.24) is 5.32 Å². The molecule has 4 rings (SSSR count). The Labute approximate surface area is 231 Å². The second-order valence-corrected chi connectivity index (χ2v) is 10.1. The highest BCUT2D eigenvalue weighted by molar-refractivity contribution is 7.99. The minimum absolute atomic E-state index is 0.0232. The van der Waals surface area contributed by atoms with Crippen molar-refractivity contribution >= 4 is 23.8 Å². The van der Waals surface area contributed by atoms with Crippen LogP contribution in [-0.4, -0.2) is 40.7 Å². The third-order valence-electron chi connectivity index (χ3n) is 6.17. The van der Waals surface area contributed by atoms with Crippen molar-refractivity contribution in [2.45, 2.75) is 43.0 Å². The van der Waals surface area contributed by atoms with Gasteiger partial charge in [-0.05, 0) is 41.0 Å². The highest BCUT2D eigenvalue weighted by atomic mass is 32.2. The van der Waals surface area contributed by atoms with E-state index >= 15 is 0 Å². The Balaban J connectivity index is 1.45. The monoisotopic (exact) mass is 549 g/mol. The largest absolute Gasteiger partial charge is 0.478 e. The maximum absolute atomic E-state index is 11.7. The maximum Gasteiger partial charge on any atom is 0.407 e. The highest BCUT2D eigenvalue weighted by Crippen LogP contribution is 2.39. The van der Waals surface area contributed by atoms with Gasteiger partial charge in [-0.1, -0.05) is 61.2 Å². The molecule has 9 heteroatoms. The summed E-state index contributed by atoms with van der Waals surface area (Å²) >= 11 is 1.60. The SMILES string of the molecule is C=CCOC(=O)NCc1ccc(C2OC(CSc3ccc(C(=O)O)cc3)CC(c3ccc(CO)cc3)O2)cc1. The van der Waals surface area contributed by atoms with Gasteiger partial charge in [0.25, 0.3) is 0 Å². The summed E-state index contributed by atoms with van der Waals surface area (Å²) in [7, 11) is 0. The van der Waals surface area contributed by atoms with Crippen LogP contribution in [0.3, 0.4) is 0 Å². The molecule has 204 valence electrons. The van der Waals surface area contributed by atoms with Gasteiger partial charge in [0.05, 0.1) is 24.4 Å². The third kappa shape index (κ3) is 8.18. The standard InChI is InChI=1S/C30H31NO7S/c1-2-15-36-30(35)31-17-20-3-9-24(10-4-20)29-37-25(19-39-26-13-11-23(12-14-26)28(33)34)16-27(38-29)22-7-5-21(18-32)6-8-22/h2-14,25,27,29,32H,1,15-19H2,(H,31,35)(H,33,34). The lowest BCUT2D eigenvalue weighted by Gasteiger charge is -2.36. The van der Waals surface area contributed by atoms with E-state index in [0.717, 1.165) is 27.1 Å². The first-order chi connectivity index (χ1) is 18.9. The number of aliphatic hydroxyl groups excluding tert-OH is 1. The number of ether oxygens (including phenoxy) is 3. The van der Waals surface area contributed by atoms with E-state index in [-0.39, 0.29) is 31.0 Å². The molecule has 3 unspecified atom stereocenters. The molecule has 0 saturated carbocycles. The van der Waals surface area contributed by atoms with Gasteiger partial charge in [0.1, 0.15) is 6.61 Å². The smallest absolute Gasteiger partial charge is 0.407 e. The van der Waals surface area contributed by atoms with Crippen LogP contribution in [-0.2, 0) is 27.4 Å². The van der Waals surface area contributed by atoms with Crippen molar-refractivity contribution in [2.75, 3.05) is 12.4 Å². The number of carboxylic acids is 1. The number of carbonyl (C=O) groups excluding carboxylic acids is 1. The molecule has 0 aromatic heterocycles. The molecular weight excluding hydrogens is 518 g/mol. The van der Waals surface area contributed by atoms with Crippen molar-refractivity contribution in [3.63, 3.8) is 0 Å². The van der Waals surface area contributed by atoms with E-state index in [9.17, 15) is 14.7 Å². The minimum atomic E-state index is -0.952. The number of aliphatic hydroxyl groups is 1. The second-order valence-electron chi connectivity index (χ2n) is 8.97. The fraction of sp³-hybridized carbons (Fsp3) is 0.267. The number of benzene rings is 3. The van der Waals surface area contributed by atoms with E-state index in [4.69, 9.17) is 19.3 Å². The lowest BCUT2D eigenvalue weighted by atomic mass is 10.0. The molecule has 0 aliphatic carbocycles. The molecule has 8 nitrogen and oxygen atoms in total. The first-order valence-corrected chi connectivity index (χ1v) is 13.5. The average Bonchev–Trinajstić information content (AvgIpc) is 2.98. The van der Waals surface area contributed by atoms with Gasteiger partial charge in [-0.25, -0.2) is 9.59 Å². The van der Waals surface area contributed by atoms with E-state index in [1.807, 2.05) is 48.5 Å². The fourth-order valence-corrected chi connectivity index (χ4v) is 4.98. The van der Waals surface area contributed by atoms with Crippen molar-refractivity contribution in [2.24, 2.45) is 0 Å². The van der Waals surface area contributed by atoms with E-state index < -0.39 is 18.4 Å². The van der Waals surface area contributed by atoms with Crippen molar-refractivity contribution < 1.29 is 34.0 Å². The van der Waals surface area contributed by atoms with Gasteiger partial charge in [0.15, 0.2) is 6.29 Å². The van der Waals surface area contributed by atoms with Gasteiger partial charge < -0.3 is 29.7 Å². The molecule has 0 bridgehead atoms. The van der Waals surface area contributed by atoms with Crippen LogP contribution in [0.5, 0.6) is 0 Å². The van der Waals surface area contributed by atoms with E-state index in [1.54, 1.807) is 36.0 Å². The first-order valence-electron chi connectivity index (χ1n) is 12.5. The number of carbonyl (C=O) groups is 2. The Kier molecular flexibility index (Phi) is 10.2. The summed E-state index contributed by atoms with van der Waals surface area (Å²) in [4.78, 5) is 23.8. The summed E-state index contributed by atoms with van der Waals surface area (Å²) in [5.74, 6) is -0.293. The van der Waals surface area contributed by atoms with Gasteiger partial charge in [-0.3, -0.25) is 0 Å². The number of thioether (sulfide) groups is 1. The predicted octanol–water partition coefficient (Wildman–Crippen LogP) is 5.63. The van der Waals surface area contributed by atoms with Crippen LogP contribution in [0.15, 0.2) is 90.3 Å². The molecule has 1 aliphatic rings. The summed E-state index contributed by atoms with van der Waals surface area (Å²) < 4.78 is 17.7. The highest BCUT2D eigenvalue weighted by Gasteiger charge is 2.32. The summed E-state index contributed by atoms with van der Waals surface area (Å²) in [5.41, 5.74) is 3.83. The van der Waals surface area contributed by atoms with Crippen LogP contribution in [0.4, 0.5) is 4.79 Å². The zero-order valence-electron chi connectivity index (χ0n) is 21.3. The third-order valence-corrected chi connectivity index (χ3v) is 7.32. The lowest BCUT2D eigenvalue weighted by Crippen LogP contribution is -2.31. The number of aromatic carboxylic acids is 1. The Morgan fingerprint density at radius 3 is 2.28 bits per heavy atom. The normalized spacial score (nSPS) is 18.7. The molecule has 1 aliphatic heterocycles. The van der Waals surface area contributed by atoms with Crippen LogP contribution in [0.2, 0.25) is 0 Å². The predicted molar refractivity (Wildman–Crippen MR) is 147 cm³/mol. The maximum atomic E-state index is 11.7. The van der Waals surface area contributed by atoms with Crippen LogP contribution in [0, 0.1) is 0 Å². The van der Waals surface area contributed by atoms with Crippen LogP contribution in [0.25, 0.3) is 0 Å². The molecule has 3 aromatic rings. The van der Waals surface area contributed by atoms with Gasteiger partial charge in [0, 0.05) is 29.2 Å². The van der Waals surface area contributed by atoms with E-state index in [0.29, 0.717) is 18.7 Å². The summed E-state index contributed by atoms with van der Waals surface area (Å²) in [6, 6.07) is 22.2. The second kappa shape index (κ2) is 14.0. The Bertz CT molecular complexity index is 1250. The zero-order valence-corrected chi connectivity index (χ0v) is 22.1. The number of rotatable bonds is 11. The van der Waals surface area contributed by atoms with Crippen LogP contribution in [0.1, 0.15) is 51.4 Å². The molecule has 3 atom stereocenters. The Morgan fingerprint density at radius 1 is 0.974 bits per heavy atom. The van der Waals surface area contributed by atoms with Gasteiger partial charge in [-0.2, -0.15) is 0 Å². The molecule has 0 radical (unpaired) electrons. The number of amides is 1. The summed E-state index contributed by atoms with van der Waals surface area (Å²) in [6.45, 7) is 3.97. The van der Waals surface area contributed by atoms with Gasteiger partial charge in [0.2, 0.25) is 0 Å². The lowest BCUT2D eigenvalue weighted by molar-refractivity contribution is -0.245. The van der Waals surface area contributed by atoms with Crippen LogP contribution >= 0.6 is 11.8 Å². The molecule has 3 N–H and O–H groups in total. The molecule has 0 spiro atoms. The topological polar surface area (TPSA) is 114 Å². The van der Waals surface area contributed by atoms with E-state index in [2.05, 4.69) is 11.9 Å². The van der Waals surface area contributed by atoms with Crippen molar-refractivity contribution in [1.29, 1.82) is 0 Å². The quantitative estimate of drug-likeness (QED) is 0.208. The number of alkyl carbamates (subject to hydrolysis) is 1. The summed E-state index contributed by atoms with van der Waals surface area (Å²) in [6.07, 6.45) is 0.707. The molecule has 39 heavy (non-hydrogen) atoms.